The number of aromatic nitrogens is 2. The van der Waals surface area contributed by atoms with Crippen molar-refractivity contribution in [3.05, 3.63) is 17.5 Å². The van der Waals surface area contributed by atoms with Gasteiger partial charge in [0.2, 0.25) is 0 Å². The van der Waals surface area contributed by atoms with E-state index in [9.17, 15) is 9.59 Å². The number of hydrogen-bond acceptors (Lipinski definition) is 4. The van der Waals surface area contributed by atoms with E-state index in [1.807, 2.05) is 20.0 Å². The number of carbonyl (C=O) groups is 2. The number of nitrogens with one attached hydrogen (secondary N) is 1. The molecule has 0 aromatic carbocycles. The smallest absolute Gasteiger partial charge is 0.408 e. The summed E-state index contributed by atoms with van der Waals surface area (Å²) in [6.07, 6.45) is 0.365. The van der Waals surface area contributed by atoms with Crippen LogP contribution in [-0.4, -0.2) is 27.8 Å². The highest BCUT2D eigenvalue weighted by Crippen LogP contribution is 2.16. The van der Waals surface area contributed by atoms with E-state index >= 15 is 0 Å². The molecule has 0 saturated heterocycles. The van der Waals surface area contributed by atoms with Gasteiger partial charge in [0.05, 0.1) is 11.7 Å². The summed E-state index contributed by atoms with van der Waals surface area (Å²) in [6.45, 7) is 7.26. The Balaban J connectivity index is 2.78. The van der Waals surface area contributed by atoms with Crippen molar-refractivity contribution in [3.8, 4) is 0 Å². The number of aryl methyl sites for hydroxylation is 2. The van der Waals surface area contributed by atoms with Crippen LogP contribution in [0.1, 0.15) is 44.6 Å². The standard InChI is InChI=1S/C13H21N3O3/c1-9-8-11(15-16(9)5)10(6-7-17)14-12(18)19-13(2,3)4/h7-8,10H,6H2,1-5H3,(H,14,18)/t10-/m1/s1. The molecule has 0 aliphatic rings. The number of rotatable bonds is 4. The first kappa shape index (κ1) is 15.2. The van der Waals surface area contributed by atoms with Crippen LogP contribution in [-0.2, 0) is 16.6 Å². The molecule has 1 N–H and O–H groups in total. The highest BCUT2D eigenvalue weighted by Gasteiger charge is 2.22. The summed E-state index contributed by atoms with van der Waals surface area (Å²) in [7, 11) is 1.81. The first-order valence-corrected chi connectivity index (χ1v) is 6.16. The highest BCUT2D eigenvalue weighted by atomic mass is 16.6. The first-order chi connectivity index (χ1) is 8.73. The molecule has 6 heteroatoms. The van der Waals surface area contributed by atoms with Gasteiger partial charge < -0.3 is 14.8 Å². The fourth-order valence-electron chi connectivity index (χ4n) is 1.56. The summed E-state index contributed by atoms with van der Waals surface area (Å²) < 4.78 is 6.87. The number of hydrogen-bond donors (Lipinski definition) is 1. The number of alkyl carbamates (subject to hydrolysis) is 1. The van der Waals surface area contributed by atoms with Crippen LogP contribution in [0.2, 0.25) is 0 Å². The van der Waals surface area contributed by atoms with Gasteiger partial charge in [0.15, 0.2) is 0 Å². The van der Waals surface area contributed by atoms with Crippen LogP contribution < -0.4 is 5.32 Å². The Bertz CT molecular complexity index is 441. The van der Waals surface area contributed by atoms with E-state index in [0.717, 1.165) is 12.0 Å². The first-order valence-electron chi connectivity index (χ1n) is 6.16. The largest absolute Gasteiger partial charge is 0.444 e. The fourth-order valence-corrected chi connectivity index (χ4v) is 1.56. The van der Waals surface area contributed by atoms with Crippen molar-refractivity contribution in [2.24, 2.45) is 7.05 Å². The van der Waals surface area contributed by atoms with Crippen LogP contribution >= 0.6 is 0 Å². The third kappa shape index (κ3) is 4.73. The SMILES string of the molecule is Cc1cc([C@@H](CC=O)NC(=O)OC(C)(C)C)nn1C. The Morgan fingerprint density at radius 1 is 1.58 bits per heavy atom. The van der Waals surface area contributed by atoms with Gasteiger partial charge in [-0.15, -0.1) is 0 Å². The highest BCUT2D eigenvalue weighted by molar-refractivity contribution is 5.69. The molecule has 0 unspecified atom stereocenters. The number of carbonyl (C=O) groups excluding carboxylic acids is 2. The van der Waals surface area contributed by atoms with E-state index in [4.69, 9.17) is 4.74 Å². The summed E-state index contributed by atoms with van der Waals surface area (Å²) in [5.41, 5.74) is 1.03. The minimum atomic E-state index is -0.574. The topological polar surface area (TPSA) is 73.2 Å². The summed E-state index contributed by atoms with van der Waals surface area (Å²) in [5, 5.41) is 6.93. The van der Waals surface area contributed by atoms with Gasteiger partial charge in [0, 0.05) is 19.2 Å². The molecule has 1 amide bonds. The van der Waals surface area contributed by atoms with E-state index < -0.39 is 17.7 Å². The number of aldehydes is 1. The van der Waals surface area contributed by atoms with Gasteiger partial charge in [-0.2, -0.15) is 5.10 Å². The predicted molar refractivity (Wildman–Crippen MR) is 70.7 cm³/mol. The lowest BCUT2D eigenvalue weighted by Gasteiger charge is -2.22. The van der Waals surface area contributed by atoms with E-state index in [1.54, 1.807) is 25.5 Å². The third-order valence-corrected chi connectivity index (χ3v) is 2.51. The van der Waals surface area contributed by atoms with Crippen molar-refractivity contribution in [2.75, 3.05) is 0 Å². The minimum Gasteiger partial charge on any atom is -0.444 e. The zero-order valence-corrected chi connectivity index (χ0v) is 12.1. The molecular weight excluding hydrogens is 246 g/mol. The van der Waals surface area contributed by atoms with Crippen molar-refractivity contribution in [2.45, 2.75) is 45.8 Å². The lowest BCUT2D eigenvalue weighted by atomic mass is 10.1. The second kappa shape index (κ2) is 5.86. The molecule has 19 heavy (non-hydrogen) atoms. The second-order valence-corrected chi connectivity index (χ2v) is 5.44. The Hall–Kier alpha value is -1.85. The average molecular weight is 267 g/mol. The zero-order valence-electron chi connectivity index (χ0n) is 12.1. The van der Waals surface area contributed by atoms with Crippen LogP contribution in [0.3, 0.4) is 0 Å². The number of ether oxygens (including phenoxy) is 1. The second-order valence-electron chi connectivity index (χ2n) is 5.44. The average Bonchev–Trinajstić information content (AvgIpc) is 2.56. The van der Waals surface area contributed by atoms with Crippen LogP contribution in [0.4, 0.5) is 4.79 Å². The Kier molecular flexibility index (Phi) is 4.69. The van der Waals surface area contributed by atoms with Crippen LogP contribution in [0.5, 0.6) is 0 Å². The third-order valence-electron chi connectivity index (χ3n) is 2.51. The van der Waals surface area contributed by atoms with Gasteiger partial charge in [0.1, 0.15) is 11.9 Å². The lowest BCUT2D eigenvalue weighted by Crippen LogP contribution is -2.35. The summed E-state index contributed by atoms with van der Waals surface area (Å²) in [4.78, 5) is 22.4. The lowest BCUT2D eigenvalue weighted by molar-refractivity contribution is -0.108. The molecule has 1 rings (SSSR count). The molecule has 0 saturated carbocycles. The van der Waals surface area contributed by atoms with Gasteiger partial charge in [-0.25, -0.2) is 4.79 Å². The Labute approximate surface area is 113 Å². The molecule has 0 fully saturated rings. The maximum absolute atomic E-state index is 11.7. The summed E-state index contributed by atoms with van der Waals surface area (Å²) in [6, 6.07) is 1.37. The van der Waals surface area contributed by atoms with Gasteiger partial charge in [-0.3, -0.25) is 4.68 Å². The van der Waals surface area contributed by atoms with Crippen molar-refractivity contribution in [1.82, 2.24) is 15.1 Å². The Morgan fingerprint density at radius 2 is 2.21 bits per heavy atom. The number of amides is 1. The van der Waals surface area contributed by atoms with Gasteiger partial charge in [0.25, 0.3) is 0 Å². The van der Waals surface area contributed by atoms with E-state index in [0.29, 0.717) is 5.69 Å². The molecule has 106 valence electrons. The predicted octanol–water partition coefficient (Wildman–Crippen LogP) is 1.88. The van der Waals surface area contributed by atoms with Crippen molar-refractivity contribution < 1.29 is 14.3 Å². The molecule has 1 atom stereocenters. The van der Waals surface area contributed by atoms with Crippen molar-refractivity contribution >= 4 is 12.4 Å². The van der Waals surface area contributed by atoms with Crippen LogP contribution in [0.25, 0.3) is 0 Å². The Morgan fingerprint density at radius 3 is 2.63 bits per heavy atom. The molecule has 0 bridgehead atoms. The van der Waals surface area contributed by atoms with Crippen LogP contribution in [0.15, 0.2) is 6.07 Å². The van der Waals surface area contributed by atoms with Crippen LogP contribution in [0, 0.1) is 6.92 Å². The molecule has 6 nitrogen and oxygen atoms in total. The van der Waals surface area contributed by atoms with E-state index in [1.165, 1.54) is 0 Å². The maximum atomic E-state index is 11.7. The van der Waals surface area contributed by atoms with Crippen molar-refractivity contribution in [1.29, 1.82) is 0 Å². The monoisotopic (exact) mass is 267 g/mol. The fraction of sp³-hybridized carbons (Fsp3) is 0.615. The zero-order chi connectivity index (χ0) is 14.6. The molecule has 1 aromatic heterocycles. The molecule has 0 aliphatic heterocycles. The summed E-state index contributed by atoms with van der Waals surface area (Å²) >= 11 is 0. The molecule has 0 spiro atoms. The summed E-state index contributed by atoms with van der Waals surface area (Å²) in [5.74, 6) is 0. The van der Waals surface area contributed by atoms with Crippen molar-refractivity contribution in [3.63, 3.8) is 0 Å². The van der Waals surface area contributed by atoms with Gasteiger partial charge >= 0.3 is 6.09 Å². The van der Waals surface area contributed by atoms with E-state index in [-0.39, 0.29) is 6.42 Å². The normalized spacial score (nSPS) is 12.9. The van der Waals surface area contributed by atoms with E-state index in [2.05, 4.69) is 10.4 Å². The molecule has 0 aliphatic carbocycles. The maximum Gasteiger partial charge on any atom is 0.408 e. The molecule has 0 radical (unpaired) electrons. The minimum absolute atomic E-state index is 0.162. The number of nitrogens with zero attached hydrogens (tertiary/aromatic N) is 2. The molecular formula is C13H21N3O3. The molecule has 1 aromatic rings. The van der Waals surface area contributed by atoms with Gasteiger partial charge in [-0.05, 0) is 33.8 Å². The molecule has 1 heterocycles. The quantitative estimate of drug-likeness (QED) is 0.845. The van der Waals surface area contributed by atoms with Gasteiger partial charge in [-0.1, -0.05) is 0 Å².